The molecule has 0 heterocycles. The Morgan fingerprint density at radius 3 is 2.62 bits per heavy atom. The number of hydrogen-bond acceptors (Lipinski definition) is 3. The van der Waals surface area contributed by atoms with Gasteiger partial charge in [-0.2, -0.15) is 0 Å². The van der Waals surface area contributed by atoms with Gasteiger partial charge in [0.1, 0.15) is 0 Å². The molecule has 1 aromatic rings. The smallest absolute Gasteiger partial charge is 0.0897 e. The summed E-state index contributed by atoms with van der Waals surface area (Å²) >= 11 is 0. The van der Waals surface area contributed by atoms with E-state index >= 15 is 0 Å². The van der Waals surface area contributed by atoms with Gasteiger partial charge >= 0.3 is 0 Å². The quantitative estimate of drug-likeness (QED) is 0.739. The molecule has 0 amide bonds. The van der Waals surface area contributed by atoms with E-state index < -0.39 is 6.10 Å². The lowest BCUT2D eigenvalue weighted by Crippen LogP contribution is -2.32. The van der Waals surface area contributed by atoms with Gasteiger partial charge in [0.25, 0.3) is 0 Å². The Bertz CT molecular complexity index is 277. The Hall–Kier alpha value is -0.900. The van der Waals surface area contributed by atoms with Gasteiger partial charge in [-0.25, -0.2) is 0 Å². The van der Waals surface area contributed by atoms with Crippen molar-refractivity contribution in [1.82, 2.24) is 5.32 Å². The van der Waals surface area contributed by atoms with E-state index in [1.807, 2.05) is 25.1 Å². The van der Waals surface area contributed by atoms with Crippen molar-refractivity contribution in [3.63, 3.8) is 0 Å². The zero-order chi connectivity index (χ0) is 11.8. The second-order valence-electron chi connectivity index (χ2n) is 3.85. The van der Waals surface area contributed by atoms with Gasteiger partial charge < -0.3 is 15.2 Å². The lowest BCUT2D eigenvalue weighted by atomic mass is 10.1. The van der Waals surface area contributed by atoms with Gasteiger partial charge in [-0.3, -0.25) is 0 Å². The maximum atomic E-state index is 9.59. The molecular formula is C13H21NO2. The van der Waals surface area contributed by atoms with E-state index in [9.17, 15) is 5.11 Å². The first-order valence-corrected chi connectivity index (χ1v) is 5.78. The predicted octanol–water partition coefficient (Wildman–Crippen LogP) is 1.73. The average molecular weight is 223 g/mol. The lowest BCUT2D eigenvalue weighted by molar-refractivity contribution is 0.0416. The molecule has 2 unspecified atom stereocenters. The highest BCUT2D eigenvalue weighted by Crippen LogP contribution is 2.10. The van der Waals surface area contributed by atoms with E-state index in [0.717, 1.165) is 0 Å². The van der Waals surface area contributed by atoms with Crippen LogP contribution in [-0.2, 0) is 4.74 Å². The zero-order valence-corrected chi connectivity index (χ0v) is 10.0. The van der Waals surface area contributed by atoms with Crippen LogP contribution in [0.5, 0.6) is 0 Å². The van der Waals surface area contributed by atoms with E-state index in [2.05, 4.69) is 24.4 Å². The first-order valence-electron chi connectivity index (χ1n) is 5.78. The van der Waals surface area contributed by atoms with Crippen LogP contribution >= 0.6 is 0 Å². The molecule has 1 rings (SSSR count). The van der Waals surface area contributed by atoms with Crippen molar-refractivity contribution < 1.29 is 9.84 Å². The molecule has 3 nitrogen and oxygen atoms in total. The molecular weight excluding hydrogens is 202 g/mol. The molecule has 0 aliphatic heterocycles. The Balaban J connectivity index is 2.27. The Labute approximate surface area is 97.4 Å². The third-order valence-electron chi connectivity index (χ3n) is 2.47. The Morgan fingerprint density at radius 1 is 1.31 bits per heavy atom. The van der Waals surface area contributed by atoms with Crippen LogP contribution in [0.4, 0.5) is 0 Å². The van der Waals surface area contributed by atoms with E-state index in [1.165, 1.54) is 5.56 Å². The van der Waals surface area contributed by atoms with E-state index in [0.29, 0.717) is 19.8 Å². The van der Waals surface area contributed by atoms with Crippen molar-refractivity contribution in [3.8, 4) is 0 Å². The summed E-state index contributed by atoms with van der Waals surface area (Å²) in [5.74, 6) is 0. The molecule has 2 atom stereocenters. The monoisotopic (exact) mass is 223 g/mol. The van der Waals surface area contributed by atoms with Gasteiger partial charge in [0.15, 0.2) is 0 Å². The fraction of sp³-hybridized carbons (Fsp3) is 0.538. The van der Waals surface area contributed by atoms with Crippen LogP contribution in [-0.4, -0.2) is 31.0 Å². The summed E-state index contributed by atoms with van der Waals surface area (Å²) in [6.07, 6.45) is -0.439. The molecule has 0 spiro atoms. The van der Waals surface area contributed by atoms with Crippen molar-refractivity contribution in [2.45, 2.75) is 26.0 Å². The first kappa shape index (κ1) is 13.2. The first-order chi connectivity index (χ1) is 7.74. The zero-order valence-electron chi connectivity index (χ0n) is 10.0. The molecule has 90 valence electrons. The van der Waals surface area contributed by atoms with Crippen LogP contribution in [0.1, 0.15) is 25.5 Å². The molecule has 2 N–H and O–H groups in total. The van der Waals surface area contributed by atoms with Gasteiger partial charge in [-0.05, 0) is 19.4 Å². The normalized spacial score (nSPS) is 14.7. The maximum absolute atomic E-state index is 9.59. The van der Waals surface area contributed by atoms with Gasteiger partial charge in [0.05, 0.1) is 12.7 Å². The number of aliphatic hydroxyl groups is 1. The fourth-order valence-corrected chi connectivity index (χ4v) is 1.49. The molecule has 0 aliphatic carbocycles. The third kappa shape index (κ3) is 4.75. The Morgan fingerprint density at radius 2 is 2.00 bits per heavy atom. The van der Waals surface area contributed by atoms with Crippen LogP contribution in [0.15, 0.2) is 30.3 Å². The Kier molecular flexibility index (Phi) is 6.08. The van der Waals surface area contributed by atoms with Crippen LogP contribution in [0.25, 0.3) is 0 Å². The summed E-state index contributed by atoms with van der Waals surface area (Å²) in [6, 6.07) is 10.4. The maximum Gasteiger partial charge on any atom is 0.0897 e. The lowest BCUT2D eigenvalue weighted by Gasteiger charge is -2.17. The van der Waals surface area contributed by atoms with Crippen LogP contribution in [0.2, 0.25) is 0 Å². The minimum absolute atomic E-state index is 0.248. The van der Waals surface area contributed by atoms with Crippen LogP contribution in [0, 0.1) is 0 Å². The highest BCUT2D eigenvalue weighted by Gasteiger charge is 2.07. The molecule has 0 aromatic heterocycles. The average Bonchev–Trinajstić information content (AvgIpc) is 2.34. The molecule has 0 aliphatic rings. The highest BCUT2D eigenvalue weighted by atomic mass is 16.5. The van der Waals surface area contributed by atoms with Crippen molar-refractivity contribution >= 4 is 0 Å². The molecule has 3 heteroatoms. The van der Waals surface area contributed by atoms with E-state index in [-0.39, 0.29) is 6.04 Å². The van der Waals surface area contributed by atoms with Crippen molar-refractivity contribution in [2.75, 3.05) is 19.8 Å². The molecule has 0 radical (unpaired) electrons. The summed E-state index contributed by atoms with van der Waals surface area (Å²) in [7, 11) is 0. The number of rotatable bonds is 7. The van der Waals surface area contributed by atoms with Gasteiger partial charge in [-0.15, -0.1) is 0 Å². The number of benzene rings is 1. The van der Waals surface area contributed by atoms with Crippen LogP contribution < -0.4 is 5.32 Å². The summed E-state index contributed by atoms with van der Waals surface area (Å²) in [5, 5.41) is 12.9. The summed E-state index contributed by atoms with van der Waals surface area (Å²) in [6.45, 7) is 5.60. The summed E-state index contributed by atoms with van der Waals surface area (Å²) in [5.41, 5.74) is 1.23. The van der Waals surface area contributed by atoms with Gasteiger partial charge in [0.2, 0.25) is 0 Å². The number of hydrogen-bond donors (Lipinski definition) is 2. The molecule has 0 saturated carbocycles. The summed E-state index contributed by atoms with van der Waals surface area (Å²) in [4.78, 5) is 0. The van der Waals surface area contributed by atoms with E-state index in [1.54, 1.807) is 0 Å². The van der Waals surface area contributed by atoms with Gasteiger partial charge in [0, 0.05) is 19.2 Å². The standard InChI is InChI=1S/C13H21NO2/c1-3-16-10-13(15)9-14-11(2)12-7-5-4-6-8-12/h4-8,11,13-15H,3,9-10H2,1-2H3. The second kappa shape index (κ2) is 7.39. The molecule has 0 saturated heterocycles. The van der Waals surface area contributed by atoms with E-state index in [4.69, 9.17) is 4.74 Å². The molecule has 16 heavy (non-hydrogen) atoms. The van der Waals surface area contributed by atoms with Gasteiger partial charge in [-0.1, -0.05) is 30.3 Å². The predicted molar refractivity (Wildman–Crippen MR) is 65.4 cm³/mol. The topological polar surface area (TPSA) is 41.5 Å². The minimum Gasteiger partial charge on any atom is -0.389 e. The van der Waals surface area contributed by atoms with Crippen LogP contribution in [0.3, 0.4) is 0 Å². The number of aliphatic hydroxyl groups excluding tert-OH is 1. The highest BCUT2D eigenvalue weighted by molar-refractivity contribution is 5.17. The minimum atomic E-state index is -0.439. The van der Waals surface area contributed by atoms with Crippen molar-refractivity contribution in [3.05, 3.63) is 35.9 Å². The van der Waals surface area contributed by atoms with Crippen molar-refractivity contribution in [2.24, 2.45) is 0 Å². The molecule has 0 bridgehead atoms. The third-order valence-corrected chi connectivity index (χ3v) is 2.47. The SMILES string of the molecule is CCOCC(O)CNC(C)c1ccccc1. The fourth-order valence-electron chi connectivity index (χ4n) is 1.49. The largest absolute Gasteiger partial charge is 0.389 e. The molecule has 0 fully saturated rings. The number of nitrogens with one attached hydrogen (secondary N) is 1. The van der Waals surface area contributed by atoms with Crippen molar-refractivity contribution in [1.29, 1.82) is 0 Å². The summed E-state index contributed by atoms with van der Waals surface area (Å²) < 4.78 is 5.14. The number of ether oxygens (including phenoxy) is 1. The molecule has 1 aromatic carbocycles. The second-order valence-corrected chi connectivity index (χ2v) is 3.85.